The molecule has 0 atom stereocenters. The van der Waals surface area contributed by atoms with Crippen LogP contribution in [0.15, 0.2) is 24.3 Å². The second-order valence-corrected chi connectivity index (χ2v) is 5.47. The molecule has 0 aliphatic rings. The van der Waals surface area contributed by atoms with Gasteiger partial charge in [-0.15, -0.1) is 0 Å². The fourth-order valence-electron chi connectivity index (χ4n) is 2.33. The maximum atomic E-state index is 11.3. The Hall–Kier alpha value is -1.51. The smallest absolute Gasteiger partial charge is 0.337 e. The Morgan fingerprint density at radius 2 is 1.52 bits per heavy atom. The molecule has 118 valence electrons. The SMILES string of the molecule is CCCCCCCCCCNc1ccc(C(=O)OC)cc1. The predicted molar refractivity (Wildman–Crippen MR) is 88.9 cm³/mol. The van der Waals surface area contributed by atoms with Crippen LogP contribution in [0.25, 0.3) is 0 Å². The summed E-state index contributed by atoms with van der Waals surface area (Å²) in [4.78, 5) is 11.3. The first-order valence-electron chi connectivity index (χ1n) is 8.20. The highest BCUT2D eigenvalue weighted by Gasteiger charge is 2.03. The van der Waals surface area contributed by atoms with Crippen molar-refractivity contribution >= 4 is 11.7 Å². The number of esters is 1. The van der Waals surface area contributed by atoms with Crippen LogP contribution in [-0.4, -0.2) is 19.6 Å². The number of methoxy groups -OCH3 is 1. The van der Waals surface area contributed by atoms with Crippen molar-refractivity contribution in [3.8, 4) is 0 Å². The lowest BCUT2D eigenvalue weighted by atomic mass is 10.1. The third-order valence-electron chi connectivity index (χ3n) is 3.67. The van der Waals surface area contributed by atoms with E-state index < -0.39 is 0 Å². The Kier molecular flexibility index (Phi) is 9.34. The molecule has 0 saturated heterocycles. The largest absolute Gasteiger partial charge is 0.465 e. The van der Waals surface area contributed by atoms with Crippen LogP contribution in [0.3, 0.4) is 0 Å². The highest BCUT2D eigenvalue weighted by molar-refractivity contribution is 5.89. The van der Waals surface area contributed by atoms with E-state index in [1.165, 1.54) is 58.5 Å². The fourth-order valence-corrected chi connectivity index (χ4v) is 2.33. The summed E-state index contributed by atoms with van der Waals surface area (Å²) in [6.45, 7) is 3.25. The van der Waals surface area contributed by atoms with Crippen molar-refractivity contribution in [2.24, 2.45) is 0 Å². The van der Waals surface area contributed by atoms with Crippen LogP contribution in [0.1, 0.15) is 68.6 Å². The van der Waals surface area contributed by atoms with Crippen molar-refractivity contribution in [1.29, 1.82) is 0 Å². The van der Waals surface area contributed by atoms with Crippen molar-refractivity contribution in [3.05, 3.63) is 29.8 Å². The van der Waals surface area contributed by atoms with E-state index in [0.717, 1.165) is 12.2 Å². The number of anilines is 1. The van der Waals surface area contributed by atoms with Gasteiger partial charge in [-0.25, -0.2) is 4.79 Å². The van der Waals surface area contributed by atoms with E-state index in [9.17, 15) is 4.79 Å². The molecule has 0 amide bonds. The maximum Gasteiger partial charge on any atom is 0.337 e. The summed E-state index contributed by atoms with van der Waals surface area (Å²) in [5.41, 5.74) is 1.65. The van der Waals surface area contributed by atoms with E-state index in [0.29, 0.717) is 5.56 Å². The van der Waals surface area contributed by atoms with E-state index in [2.05, 4.69) is 17.0 Å². The summed E-state index contributed by atoms with van der Waals surface area (Å²) in [5.74, 6) is -0.287. The summed E-state index contributed by atoms with van der Waals surface area (Å²) in [6.07, 6.45) is 10.7. The lowest BCUT2D eigenvalue weighted by Gasteiger charge is -2.07. The summed E-state index contributed by atoms with van der Waals surface area (Å²) >= 11 is 0. The van der Waals surface area contributed by atoms with Gasteiger partial charge in [0.05, 0.1) is 12.7 Å². The zero-order chi connectivity index (χ0) is 15.3. The van der Waals surface area contributed by atoms with Gasteiger partial charge in [0.1, 0.15) is 0 Å². The average molecular weight is 291 g/mol. The zero-order valence-electron chi connectivity index (χ0n) is 13.5. The molecule has 1 aromatic rings. The molecule has 0 aromatic heterocycles. The number of rotatable bonds is 11. The number of carbonyl (C=O) groups is 1. The van der Waals surface area contributed by atoms with Crippen molar-refractivity contribution in [1.82, 2.24) is 0 Å². The van der Waals surface area contributed by atoms with Gasteiger partial charge < -0.3 is 10.1 Å². The van der Waals surface area contributed by atoms with Gasteiger partial charge in [-0.2, -0.15) is 0 Å². The van der Waals surface area contributed by atoms with Crippen LogP contribution in [0, 0.1) is 0 Å². The topological polar surface area (TPSA) is 38.3 Å². The highest BCUT2D eigenvalue weighted by atomic mass is 16.5. The Bertz CT molecular complexity index is 387. The molecular formula is C18H29NO2. The molecule has 0 radical (unpaired) electrons. The monoisotopic (exact) mass is 291 g/mol. The molecule has 0 saturated carbocycles. The molecule has 0 unspecified atom stereocenters. The summed E-state index contributed by atoms with van der Waals surface area (Å²) in [5, 5.41) is 3.39. The number of ether oxygens (including phenoxy) is 1. The molecule has 1 aromatic carbocycles. The molecule has 0 bridgehead atoms. The minimum absolute atomic E-state index is 0.287. The molecular weight excluding hydrogens is 262 g/mol. The Labute approximate surface area is 129 Å². The van der Waals surface area contributed by atoms with E-state index in [1.54, 1.807) is 12.1 Å². The van der Waals surface area contributed by atoms with Crippen LogP contribution >= 0.6 is 0 Å². The summed E-state index contributed by atoms with van der Waals surface area (Å²) in [6, 6.07) is 7.44. The number of benzene rings is 1. The Morgan fingerprint density at radius 3 is 2.10 bits per heavy atom. The number of carbonyl (C=O) groups excluding carboxylic acids is 1. The third-order valence-corrected chi connectivity index (χ3v) is 3.67. The predicted octanol–water partition coefficient (Wildman–Crippen LogP) is 5.03. The third kappa shape index (κ3) is 7.74. The molecule has 3 heteroatoms. The second kappa shape index (κ2) is 11.2. The number of unbranched alkanes of at least 4 members (excludes halogenated alkanes) is 7. The van der Waals surface area contributed by atoms with Gasteiger partial charge in [0, 0.05) is 12.2 Å². The van der Waals surface area contributed by atoms with Gasteiger partial charge in [0.15, 0.2) is 0 Å². The minimum atomic E-state index is -0.287. The van der Waals surface area contributed by atoms with Gasteiger partial charge in [0.2, 0.25) is 0 Å². The van der Waals surface area contributed by atoms with Gasteiger partial charge in [-0.1, -0.05) is 51.9 Å². The van der Waals surface area contributed by atoms with Gasteiger partial charge in [-0.05, 0) is 30.7 Å². The van der Waals surface area contributed by atoms with Crippen LogP contribution < -0.4 is 5.32 Å². The van der Waals surface area contributed by atoms with Crippen molar-refractivity contribution in [2.45, 2.75) is 58.3 Å². The molecule has 3 nitrogen and oxygen atoms in total. The van der Waals surface area contributed by atoms with Gasteiger partial charge in [0.25, 0.3) is 0 Å². The molecule has 0 aliphatic carbocycles. The first-order chi connectivity index (χ1) is 10.3. The number of hydrogen-bond acceptors (Lipinski definition) is 3. The van der Waals surface area contributed by atoms with Gasteiger partial charge >= 0.3 is 5.97 Å². The first kappa shape index (κ1) is 17.5. The van der Waals surface area contributed by atoms with Crippen LogP contribution in [0.5, 0.6) is 0 Å². The second-order valence-electron chi connectivity index (χ2n) is 5.47. The summed E-state index contributed by atoms with van der Waals surface area (Å²) in [7, 11) is 1.40. The number of nitrogens with one attached hydrogen (secondary N) is 1. The Morgan fingerprint density at radius 1 is 0.952 bits per heavy atom. The van der Waals surface area contributed by atoms with Crippen molar-refractivity contribution in [2.75, 3.05) is 19.0 Å². The van der Waals surface area contributed by atoms with Crippen LogP contribution in [0.2, 0.25) is 0 Å². The average Bonchev–Trinajstić information content (AvgIpc) is 2.53. The molecule has 0 spiro atoms. The number of hydrogen-bond donors (Lipinski definition) is 1. The lowest BCUT2D eigenvalue weighted by molar-refractivity contribution is 0.0601. The molecule has 1 N–H and O–H groups in total. The lowest BCUT2D eigenvalue weighted by Crippen LogP contribution is -2.03. The van der Waals surface area contributed by atoms with E-state index in [-0.39, 0.29) is 5.97 Å². The van der Waals surface area contributed by atoms with Crippen molar-refractivity contribution in [3.63, 3.8) is 0 Å². The fraction of sp³-hybridized carbons (Fsp3) is 0.611. The van der Waals surface area contributed by atoms with E-state index in [4.69, 9.17) is 0 Å². The quantitative estimate of drug-likeness (QED) is 0.459. The highest BCUT2D eigenvalue weighted by Crippen LogP contribution is 2.12. The van der Waals surface area contributed by atoms with E-state index >= 15 is 0 Å². The van der Waals surface area contributed by atoms with Crippen molar-refractivity contribution < 1.29 is 9.53 Å². The minimum Gasteiger partial charge on any atom is -0.465 e. The normalized spacial score (nSPS) is 10.4. The van der Waals surface area contributed by atoms with Crippen LogP contribution in [-0.2, 0) is 4.74 Å². The van der Waals surface area contributed by atoms with Gasteiger partial charge in [-0.3, -0.25) is 0 Å². The van der Waals surface area contributed by atoms with Crippen LogP contribution in [0.4, 0.5) is 5.69 Å². The standard InChI is InChI=1S/C18H29NO2/c1-3-4-5-6-7-8-9-10-15-19-17-13-11-16(12-14-17)18(20)21-2/h11-14,19H,3-10,15H2,1-2H3. The Balaban J connectivity index is 2.06. The molecule has 0 heterocycles. The molecule has 1 rings (SSSR count). The first-order valence-corrected chi connectivity index (χ1v) is 8.20. The summed E-state index contributed by atoms with van der Waals surface area (Å²) < 4.78 is 4.68. The molecule has 21 heavy (non-hydrogen) atoms. The molecule has 0 aliphatic heterocycles. The molecule has 0 fully saturated rings. The zero-order valence-corrected chi connectivity index (χ0v) is 13.5. The van der Waals surface area contributed by atoms with E-state index in [1.807, 2.05) is 12.1 Å². The maximum absolute atomic E-state index is 11.3.